The lowest BCUT2D eigenvalue weighted by Gasteiger charge is -2.47. The second-order valence-corrected chi connectivity index (χ2v) is 11.6. The molecule has 1 heterocycles. The molecular formula is C25H33N. The van der Waals surface area contributed by atoms with Crippen LogP contribution < -0.4 is 0 Å². The third kappa shape index (κ3) is 1.91. The van der Waals surface area contributed by atoms with Gasteiger partial charge in [0.15, 0.2) is 0 Å². The summed E-state index contributed by atoms with van der Waals surface area (Å²) in [4.78, 5) is 5.05. The molecule has 8 unspecified atom stereocenters. The van der Waals surface area contributed by atoms with Crippen LogP contribution in [0.5, 0.6) is 0 Å². The predicted octanol–water partition coefficient (Wildman–Crippen LogP) is 6.02. The topological polar surface area (TPSA) is 12.9 Å². The summed E-state index contributed by atoms with van der Waals surface area (Å²) in [5.74, 6) is 6.30. The third-order valence-electron chi connectivity index (χ3n) is 10.4. The van der Waals surface area contributed by atoms with E-state index in [0.717, 1.165) is 35.5 Å². The zero-order valence-corrected chi connectivity index (χ0v) is 16.1. The summed E-state index contributed by atoms with van der Waals surface area (Å²) in [6.45, 7) is 0. The molecule has 6 saturated carbocycles. The molecule has 7 rings (SSSR count). The van der Waals surface area contributed by atoms with Crippen molar-refractivity contribution in [1.29, 1.82) is 0 Å². The fourth-order valence-electron chi connectivity index (χ4n) is 9.59. The molecule has 0 amide bonds. The average Bonchev–Trinajstić information content (AvgIpc) is 3.00. The van der Waals surface area contributed by atoms with E-state index in [4.69, 9.17) is 4.98 Å². The van der Waals surface area contributed by atoms with Gasteiger partial charge in [0, 0.05) is 17.3 Å². The maximum atomic E-state index is 5.05. The summed E-state index contributed by atoms with van der Waals surface area (Å²) in [5, 5.41) is 0. The van der Waals surface area contributed by atoms with Crippen molar-refractivity contribution in [2.45, 2.75) is 87.9 Å². The molecule has 0 spiro atoms. The summed E-state index contributed by atoms with van der Waals surface area (Å²) in [5.41, 5.74) is 4.20. The van der Waals surface area contributed by atoms with E-state index in [1.165, 1.54) is 57.1 Å². The molecule has 8 atom stereocenters. The summed E-state index contributed by atoms with van der Waals surface area (Å²) < 4.78 is 0. The SMILES string of the molecule is c1cc(C23CCC4CC(CC4C2)C3)cc(C23CCC4CC(CC4C2)C3)n1. The Morgan fingerprint density at radius 2 is 1.35 bits per heavy atom. The molecule has 1 aromatic rings. The highest BCUT2D eigenvalue weighted by Gasteiger charge is 2.55. The fourth-order valence-corrected chi connectivity index (χ4v) is 9.59. The second-order valence-electron chi connectivity index (χ2n) is 11.6. The highest BCUT2D eigenvalue weighted by molar-refractivity contribution is 5.33. The van der Waals surface area contributed by atoms with Crippen LogP contribution in [0.15, 0.2) is 18.3 Å². The second kappa shape index (κ2) is 4.95. The molecule has 0 radical (unpaired) electrons. The Labute approximate surface area is 158 Å². The third-order valence-corrected chi connectivity index (χ3v) is 10.4. The summed E-state index contributed by atoms with van der Waals surface area (Å²) in [6, 6.07) is 5.07. The van der Waals surface area contributed by atoms with Gasteiger partial charge in [-0.15, -0.1) is 0 Å². The molecule has 0 aromatic carbocycles. The first-order valence-corrected chi connectivity index (χ1v) is 11.7. The van der Waals surface area contributed by atoms with Crippen LogP contribution in [0.4, 0.5) is 0 Å². The van der Waals surface area contributed by atoms with Crippen molar-refractivity contribution in [2.24, 2.45) is 35.5 Å². The van der Waals surface area contributed by atoms with Crippen LogP contribution in [0.25, 0.3) is 0 Å². The Bertz CT molecular complexity index is 687. The van der Waals surface area contributed by atoms with Crippen LogP contribution in [-0.4, -0.2) is 4.98 Å². The van der Waals surface area contributed by atoms with Gasteiger partial charge in [0.05, 0.1) is 0 Å². The van der Waals surface area contributed by atoms with E-state index in [2.05, 4.69) is 18.3 Å². The fraction of sp³-hybridized carbons (Fsp3) is 0.800. The highest BCUT2D eigenvalue weighted by atomic mass is 14.7. The van der Waals surface area contributed by atoms with Gasteiger partial charge in [-0.05, 0) is 136 Å². The van der Waals surface area contributed by atoms with Gasteiger partial charge in [-0.3, -0.25) is 4.98 Å². The number of pyridine rings is 1. The van der Waals surface area contributed by atoms with E-state index in [9.17, 15) is 0 Å². The average molecular weight is 348 g/mol. The van der Waals surface area contributed by atoms with Crippen molar-refractivity contribution in [3.05, 3.63) is 29.6 Å². The standard InChI is InChI=1S/C25H33N/c1-4-24(12-16-7-18(1)20(9-16)14-24)22-3-6-26-23(11-22)25-5-2-19-8-17(13-25)10-21(19)15-25/h3,6,11,16-21H,1-2,4-5,7-10,12-15H2. The summed E-state index contributed by atoms with van der Waals surface area (Å²) in [6.07, 6.45) is 20.2. The zero-order chi connectivity index (χ0) is 16.9. The molecule has 6 fully saturated rings. The first kappa shape index (κ1) is 15.1. The van der Waals surface area contributed by atoms with Gasteiger partial charge in [-0.1, -0.05) is 0 Å². The molecule has 6 aliphatic rings. The number of hydrogen-bond donors (Lipinski definition) is 0. The van der Waals surface area contributed by atoms with Gasteiger partial charge in [0.2, 0.25) is 0 Å². The van der Waals surface area contributed by atoms with Gasteiger partial charge in [0.1, 0.15) is 0 Å². The smallest absolute Gasteiger partial charge is 0.0468 e. The Hall–Kier alpha value is -0.850. The molecule has 6 aliphatic carbocycles. The number of rotatable bonds is 2. The van der Waals surface area contributed by atoms with Gasteiger partial charge >= 0.3 is 0 Å². The maximum Gasteiger partial charge on any atom is 0.0468 e. The van der Waals surface area contributed by atoms with Crippen LogP contribution in [-0.2, 0) is 10.8 Å². The predicted molar refractivity (Wildman–Crippen MR) is 104 cm³/mol. The molecule has 6 bridgehead atoms. The molecular weight excluding hydrogens is 314 g/mol. The minimum atomic E-state index is 0.456. The van der Waals surface area contributed by atoms with E-state index in [1.54, 1.807) is 31.2 Å². The van der Waals surface area contributed by atoms with E-state index in [0.29, 0.717) is 10.8 Å². The van der Waals surface area contributed by atoms with E-state index in [1.807, 2.05) is 0 Å². The van der Waals surface area contributed by atoms with Gasteiger partial charge in [0.25, 0.3) is 0 Å². The first-order valence-electron chi connectivity index (χ1n) is 11.7. The molecule has 0 aliphatic heterocycles. The zero-order valence-electron chi connectivity index (χ0n) is 16.1. The molecule has 138 valence electrons. The van der Waals surface area contributed by atoms with Gasteiger partial charge in [-0.2, -0.15) is 0 Å². The normalized spacial score (nSPS) is 53.4. The van der Waals surface area contributed by atoms with Crippen LogP contribution >= 0.6 is 0 Å². The van der Waals surface area contributed by atoms with E-state index >= 15 is 0 Å². The quantitative estimate of drug-likeness (QED) is 0.637. The molecule has 26 heavy (non-hydrogen) atoms. The molecule has 0 N–H and O–H groups in total. The lowest BCUT2D eigenvalue weighted by Crippen LogP contribution is -2.40. The van der Waals surface area contributed by atoms with Crippen LogP contribution in [0.3, 0.4) is 0 Å². The molecule has 1 heteroatoms. The van der Waals surface area contributed by atoms with Crippen molar-refractivity contribution < 1.29 is 0 Å². The van der Waals surface area contributed by atoms with Crippen molar-refractivity contribution >= 4 is 0 Å². The molecule has 0 saturated heterocycles. The number of fused-ring (bicyclic) bond motifs is 4. The largest absolute Gasteiger partial charge is 0.261 e. The number of hydrogen-bond acceptors (Lipinski definition) is 1. The Morgan fingerprint density at radius 3 is 2.12 bits per heavy atom. The highest BCUT2D eigenvalue weighted by Crippen LogP contribution is 2.63. The monoisotopic (exact) mass is 347 g/mol. The van der Waals surface area contributed by atoms with Crippen molar-refractivity contribution in [1.82, 2.24) is 4.98 Å². The van der Waals surface area contributed by atoms with Crippen molar-refractivity contribution in [2.75, 3.05) is 0 Å². The minimum absolute atomic E-state index is 0.456. The molecule has 1 nitrogen and oxygen atoms in total. The first-order chi connectivity index (χ1) is 12.7. The minimum Gasteiger partial charge on any atom is -0.261 e. The van der Waals surface area contributed by atoms with Gasteiger partial charge < -0.3 is 0 Å². The summed E-state index contributed by atoms with van der Waals surface area (Å²) >= 11 is 0. The van der Waals surface area contributed by atoms with Crippen LogP contribution in [0.1, 0.15) is 88.3 Å². The number of nitrogens with zero attached hydrogens (tertiary/aromatic N) is 1. The van der Waals surface area contributed by atoms with E-state index in [-0.39, 0.29) is 0 Å². The van der Waals surface area contributed by atoms with Gasteiger partial charge in [-0.25, -0.2) is 0 Å². The lowest BCUT2D eigenvalue weighted by atomic mass is 9.58. The van der Waals surface area contributed by atoms with Crippen molar-refractivity contribution in [3.63, 3.8) is 0 Å². The van der Waals surface area contributed by atoms with Crippen LogP contribution in [0.2, 0.25) is 0 Å². The Kier molecular flexibility index (Phi) is 2.88. The molecule has 1 aromatic heterocycles. The van der Waals surface area contributed by atoms with Crippen molar-refractivity contribution in [3.8, 4) is 0 Å². The Balaban J connectivity index is 1.28. The maximum absolute atomic E-state index is 5.05. The van der Waals surface area contributed by atoms with Crippen LogP contribution in [0, 0.1) is 35.5 Å². The Morgan fingerprint density at radius 1 is 0.731 bits per heavy atom. The lowest BCUT2D eigenvalue weighted by molar-refractivity contribution is 0.131. The summed E-state index contributed by atoms with van der Waals surface area (Å²) in [7, 11) is 0. The van der Waals surface area contributed by atoms with E-state index < -0.39 is 0 Å². The number of aromatic nitrogens is 1.